The summed E-state index contributed by atoms with van der Waals surface area (Å²) >= 11 is 1.56. The zero-order valence-corrected chi connectivity index (χ0v) is 21.1. The maximum atomic E-state index is 13.4. The summed E-state index contributed by atoms with van der Waals surface area (Å²) in [6.45, 7) is 1.50. The fourth-order valence-corrected chi connectivity index (χ4v) is 4.39. The second kappa shape index (κ2) is 12.3. The first-order valence-electron chi connectivity index (χ1n) is 11.5. The summed E-state index contributed by atoms with van der Waals surface area (Å²) in [6.07, 6.45) is 0. The van der Waals surface area contributed by atoms with Crippen molar-refractivity contribution < 1.29 is 18.7 Å². The monoisotopic (exact) mass is 505 g/mol. The number of ether oxygens (including phenoxy) is 2. The highest BCUT2D eigenvalue weighted by molar-refractivity contribution is 7.07. The van der Waals surface area contributed by atoms with Gasteiger partial charge < -0.3 is 14.8 Å². The number of thiazole rings is 1. The molecular weight excluding hydrogens is 477 g/mol. The third-order valence-electron chi connectivity index (χ3n) is 5.62. The van der Waals surface area contributed by atoms with E-state index in [4.69, 9.17) is 9.47 Å². The number of nitrogens with zero attached hydrogens (tertiary/aromatic N) is 2. The van der Waals surface area contributed by atoms with E-state index in [1.807, 2.05) is 60.4 Å². The number of para-hydroxylation sites is 1. The van der Waals surface area contributed by atoms with E-state index in [9.17, 15) is 9.18 Å². The molecule has 1 aromatic heterocycles. The average Bonchev–Trinajstić information content (AvgIpc) is 3.40. The molecule has 0 spiro atoms. The first-order chi connectivity index (χ1) is 17.5. The largest absolute Gasteiger partial charge is 0.496 e. The predicted molar refractivity (Wildman–Crippen MR) is 139 cm³/mol. The smallest absolute Gasteiger partial charge is 0.258 e. The lowest BCUT2D eigenvalue weighted by molar-refractivity contribution is -0.123. The molecule has 1 amide bonds. The number of halogens is 1. The van der Waals surface area contributed by atoms with Crippen LogP contribution in [0.4, 0.5) is 4.39 Å². The van der Waals surface area contributed by atoms with Gasteiger partial charge in [-0.1, -0.05) is 36.4 Å². The van der Waals surface area contributed by atoms with Gasteiger partial charge in [0.2, 0.25) is 0 Å². The Bertz CT molecular complexity index is 1280. The number of rotatable bonds is 11. The van der Waals surface area contributed by atoms with Gasteiger partial charge in [0.1, 0.15) is 17.3 Å². The van der Waals surface area contributed by atoms with Crippen molar-refractivity contribution >= 4 is 17.2 Å². The Labute approximate surface area is 214 Å². The van der Waals surface area contributed by atoms with Crippen LogP contribution in [0.25, 0.3) is 11.1 Å². The molecule has 0 bridgehead atoms. The van der Waals surface area contributed by atoms with Crippen LogP contribution in [-0.4, -0.2) is 36.6 Å². The Morgan fingerprint density at radius 3 is 2.53 bits per heavy atom. The summed E-state index contributed by atoms with van der Waals surface area (Å²) in [6, 6.07) is 19.7. The maximum absolute atomic E-state index is 13.4. The van der Waals surface area contributed by atoms with E-state index >= 15 is 0 Å². The minimum Gasteiger partial charge on any atom is -0.496 e. The van der Waals surface area contributed by atoms with Crippen molar-refractivity contribution in [3.05, 3.63) is 100 Å². The molecule has 186 valence electrons. The van der Waals surface area contributed by atoms with Crippen molar-refractivity contribution in [3.8, 4) is 22.6 Å². The van der Waals surface area contributed by atoms with Crippen LogP contribution in [0, 0.1) is 5.82 Å². The highest BCUT2D eigenvalue weighted by Gasteiger charge is 2.13. The van der Waals surface area contributed by atoms with Crippen LogP contribution in [0.15, 0.2) is 77.6 Å². The molecular formula is C28H28FN3O3S. The SMILES string of the molecule is COc1ccccc1CNC(=O)COc1ccc(-c2ccc(F)cc2)cc1CN(C)Cc1cscn1. The van der Waals surface area contributed by atoms with Gasteiger partial charge >= 0.3 is 0 Å². The van der Waals surface area contributed by atoms with Crippen molar-refractivity contribution in [3.63, 3.8) is 0 Å². The van der Waals surface area contributed by atoms with Crippen molar-refractivity contribution in [1.29, 1.82) is 0 Å². The zero-order chi connectivity index (χ0) is 25.3. The minimum atomic E-state index is -0.277. The first kappa shape index (κ1) is 25.3. The van der Waals surface area contributed by atoms with Gasteiger partial charge in [-0.3, -0.25) is 9.69 Å². The number of nitrogens with one attached hydrogen (secondary N) is 1. The van der Waals surface area contributed by atoms with Gasteiger partial charge in [0.25, 0.3) is 5.91 Å². The van der Waals surface area contributed by atoms with Crippen molar-refractivity contribution in [1.82, 2.24) is 15.2 Å². The van der Waals surface area contributed by atoms with E-state index < -0.39 is 0 Å². The Balaban J connectivity index is 1.46. The number of carbonyl (C=O) groups excluding carboxylic acids is 1. The summed E-state index contributed by atoms with van der Waals surface area (Å²) in [4.78, 5) is 19.0. The summed E-state index contributed by atoms with van der Waals surface area (Å²) in [5, 5.41) is 4.90. The second-order valence-corrected chi connectivity index (χ2v) is 9.08. The average molecular weight is 506 g/mol. The number of methoxy groups -OCH3 is 1. The minimum absolute atomic E-state index is 0.117. The van der Waals surface area contributed by atoms with E-state index in [2.05, 4.69) is 15.2 Å². The fourth-order valence-electron chi connectivity index (χ4n) is 3.84. The van der Waals surface area contributed by atoms with Crippen LogP contribution in [-0.2, 0) is 24.4 Å². The number of benzene rings is 3. The molecule has 0 unspecified atom stereocenters. The number of carbonyl (C=O) groups is 1. The fraction of sp³-hybridized carbons (Fsp3) is 0.214. The van der Waals surface area contributed by atoms with Crippen molar-refractivity contribution in [2.24, 2.45) is 0 Å². The zero-order valence-electron chi connectivity index (χ0n) is 20.2. The summed E-state index contributed by atoms with van der Waals surface area (Å²) in [5.41, 5.74) is 6.47. The Kier molecular flexibility index (Phi) is 8.65. The van der Waals surface area contributed by atoms with Crippen LogP contribution in [0.5, 0.6) is 11.5 Å². The molecule has 0 saturated heterocycles. The molecule has 8 heteroatoms. The van der Waals surface area contributed by atoms with Crippen molar-refractivity contribution in [2.45, 2.75) is 19.6 Å². The lowest BCUT2D eigenvalue weighted by atomic mass is 10.0. The van der Waals surface area contributed by atoms with Crippen LogP contribution in [0.2, 0.25) is 0 Å². The normalized spacial score (nSPS) is 10.9. The number of amides is 1. The van der Waals surface area contributed by atoms with Gasteiger partial charge in [-0.15, -0.1) is 11.3 Å². The van der Waals surface area contributed by atoms with Crippen LogP contribution < -0.4 is 14.8 Å². The number of hydrogen-bond acceptors (Lipinski definition) is 6. The highest BCUT2D eigenvalue weighted by Crippen LogP contribution is 2.28. The van der Waals surface area contributed by atoms with Gasteiger partial charge in [-0.25, -0.2) is 9.37 Å². The highest BCUT2D eigenvalue weighted by atomic mass is 32.1. The molecule has 0 aliphatic carbocycles. The van der Waals surface area contributed by atoms with Crippen molar-refractivity contribution in [2.75, 3.05) is 20.8 Å². The van der Waals surface area contributed by atoms with Gasteiger partial charge in [-0.2, -0.15) is 0 Å². The summed E-state index contributed by atoms with van der Waals surface area (Å²) in [5.74, 6) is 0.838. The first-order valence-corrected chi connectivity index (χ1v) is 12.4. The van der Waals surface area contributed by atoms with Gasteiger partial charge in [0, 0.05) is 36.1 Å². The Hall–Kier alpha value is -3.75. The lowest BCUT2D eigenvalue weighted by Crippen LogP contribution is -2.29. The molecule has 4 rings (SSSR count). The van der Waals surface area contributed by atoms with Gasteiger partial charge in [0.15, 0.2) is 6.61 Å². The molecule has 1 N–H and O–H groups in total. The van der Waals surface area contributed by atoms with Crippen LogP contribution in [0.3, 0.4) is 0 Å². The molecule has 0 aliphatic heterocycles. The van der Waals surface area contributed by atoms with E-state index in [1.54, 1.807) is 30.6 Å². The van der Waals surface area contributed by atoms with E-state index in [1.165, 1.54) is 12.1 Å². The maximum Gasteiger partial charge on any atom is 0.258 e. The molecule has 3 aromatic carbocycles. The third kappa shape index (κ3) is 6.90. The molecule has 36 heavy (non-hydrogen) atoms. The second-order valence-electron chi connectivity index (χ2n) is 8.36. The summed E-state index contributed by atoms with van der Waals surface area (Å²) < 4.78 is 24.7. The standard InChI is InChI=1S/C28H28FN3O3S/c1-32(16-25-18-36-19-31-25)15-23-13-21(20-7-10-24(29)11-8-20)9-12-27(23)35-17-28(33)30-14-22-5-3-4-6-26(22)34-2/h3-13,18-19H,14-17H2,1-2H3,(H,30,33). The number of hydrogen-bond donors (Lipinski definition) is 1. The molecule has 0 fully saturated rings. The molecule has 6 nitrogen and oxygen atoms in total. The number of aromatic nitrogens is 1. The lowest BCUT2D eigenvalue weighted by Gasteiger charge is -2.19. The molecule has 4 aromatic rings. The van der Waals surface area contributed by atoms with Gasteiger partial charge in [0.05, 0.1) is 18.3 Å². The third-order valence-corrected chi connectivity index (χ3v) is 6.26. The van der Waals surface area contributed by atoms with Crippen LogP contribution in [0.1, 0.15) is 16.8 Å². The van der Waals surface area contributed by atoms with Gasteiger partial charge in [-0.05, 0) is 48.5 Å². The van der Waals surface area contributed by atoms with E-state index in [-0.39, 0.29) is 18.3 Å². The molecule has 0 aliphatic rings. The van der Waals surface area contributed by atoms with E-state index in [0.29, 0.717) is 25.4 Å². The Morgan fingerprint density at radius 2 is 1.78 bits per heavy atom. The molecule has 0 saturated carbocycles. The molecule has 1 heterocycles. The summed E-state index contributed by atoms with van der Waals surface area (Å²) in [7, 11) is 3.61. The molecule has 0 radical (unpaired) electrons. The van der Waals surface area contributed by atoms with E-state index in [0.717, 1.165) is 33.7 Å². The quantitative estimate of drug-likeness (QED) is 0.300. The molecule has 0 atom stereocenters. The topological polar surface area (TPSA) is 63.7 Å². The Morgan fingerprint density at radius 1 is 1.00 bits per heavy atom. The predicted octanol–water partition coefficient (Wildman–Crippen LogP) is 5.29. The van der Waals surface area contributed by atoms with Crippen LogP contribution >= 0.6 is 11.3 Å².